The predicted octanol–water partition coefficient (Wildman–Crippen LogP) is 3.92. The fourth-order valence-corrected chi connectivity index (χ4v) is 1.82. The molecule has 0 aliphatic rings. The molecule has 0 bridgehead atoms. The maximum Gasteiger partial charge on any atom is 0.164 e. The molecule has 0 atom stereocenters. The van der Waals surface area contributed by atoms with Crippen LogP contribution in [0, 0.1) is 5.41 Å². The van der Waals surface area contributed by atoms with E-state index < -0.39 is 5.41 Å². The van der Waals surface area contributed by atoms with E-state index in [1.54, 1.807) is 32.9 Å². The molecule has 4 heteroatoms. The number of carbonyl (C=O) groups is 1. The number of aliphatic hydroxyl groups is 1. The van der Waals surface area contributed by atoms with Crippen molar-refractivity contribution >= 4 is 34.5 Å². The topological polar surface area (TPSA) is 37.3 Å². The predicted molar refractivity (Wildman–Crippen MR) is 64.4 cm³/mol. The van der Waals surface area contributed by atoms with Crippen LogP contribution in [0.15, 0.2) is 18.2 Å². The van der Waals surface area contributed by atoms with Gasteiger partial charge in [0.1, 0.15) is 5.76 Å². The number of halogens is 1. The number of hydrogen-bond donors (Lipinski definition) is 1. The Kier molecular flexibility index (Phi) is 3.58. The Balaban J connectivity index is 2.90. The monoisotopic (exact) mass is 244 g/mol. The molecule has 1 heterocycles. The lowest BCUT2D eigenvalue weighted by atomic mass is 9.90. The Bertz CT molecular complexity index is 399. The van der Waals surface area contributed by atoms with Gasteiger partial charge >= 0.3 is 0 Å². The molecule has 82 valence electrons. The molecule has 1 aromatic rings. The van der Waals surface area contributed by atoms with E-state index in [4.69, 9.17) is 11.6 Å². The van der Waals surface area contributed by atoms with Crippen molar-refractivity contribution in [2.75, 3.05) is 0 Å². The van der Waals surface area contributed by atoms with Gasteiger partial charge in [0, 0.05) is 11.5 Å². The Labute approximate surface area is 98.2 Å². The third-order valence-electron chi connectivity index (χ3n) is 1.83. The normalized spacial score (nSPS) is 12.9. The van der Waals surface area contributed by atoms with Crippen molar-refractivity contribution in [2.45, 2.75) is 20.8 Å². The Morgan fingerprint density at radius 3 is 2.47 bits per heavy atom. The molecule has 15 heavy (non-hydrogen) atoms. The van der Waals surface area contributed by atoms with E-state index in [1.807, 2.05) is 0 Å². The maximum absolute atomic E-state index is 11.6. The third-order valence-corrected chi connectivity index (χ3v) is 3.09. The summed E-state index contributed by atoms with van der Waals surface area (Å²) < 4.78 is 0.591. The summed E-state index contributed by atoms with van der Waals surface area (Å²) in [5, 5.41) is 9.66. The van der Waals surface area contributed by atoms with E-state index >= 15 is 0 Å². The number of allylic oxidation sites excluding steroid dienone is 1. The second-order valence-electron chi connectivity index (χ2n) is 4.25. The van der Waals surface area contributed by atoms with Crippen LogP contribution in [0.2, 0.25) is 4.34 Å². The lowest BCUT2D eigenvalue weighted by molar-refractivity contribution is -0.121. The van der Waals surface area contributed by atoms with Crippen LogP contribution in [0.25, 0.3) is 5.76 Å². The van der Waals surface area contributed by atoms with Gasteiger partial charge < -0.3 is 5.11 Å². The van der Waals surface area contributed by atoms with Crippen molar-refractivity contribution in [3.8, 4) is 0 Å². The van der Waals surface area contributed by atoms with Gasteiger partial charge in [-0.2, -0.15) is 0 Å². The second-order valence-corrected chi connectivity index (χ2v) is 5.96. The molecule has 0 amide bonds. The van der Waals surface area contributed by atoms with Gasteiger partial charge in [-0.15, -0.1) is 11.3 Å². The Morgan fingerprint density at radius 2 is 2.07 bits per heavy atom. The van der Waals surface area contributed by atoms with Crippen molar-refractivity contribution in [3.63, 3.8) is 0 Å². The summed E-state index contributed by atoms with van der Waals surface area (Å²) in [5.41, 5.74) is -0.477. The largest absolute Gasteiger partial charge is 0.506 e. The van der Waals surface area contributed by atoms with E-state index in [9.17, 15) is 9.90 Å². The van der Waals surface area contributed by atoms with Gasteiger partial charge in [-0.25, -0.2) is 0 Å². The van der Waals surface area contributed by atoms with Gasteiger partial charge in [0.15, 0.2) is 5.78 Å². The van der Waals surface area contributed by atoms with Crippen LogP contribution in [-0.4, -0.2) is 10.9 Å². The van der Waals surface area contributed by atoms with Crippen LogP contribution in [-0.2, 0) is 4.79 Å². The average Bonchev–Trinajstić information content (AvgIpc) is 2.50. The molecule has 0 unspecified atom stereocenters. The summed E-state index contributed by atoms with van der Waals surface area (Å²) in [4.78, 5) is 12.2. The summed E-state index contributed by atoms with van der Waals surface area (Å²) in [6, 6.07) is 3.38. The van der Waals surface area contributed by atoms with E-state index in [2.05, 4.69) is 0 Å². The van der Waals surface area contributed by atoms with Crippen LogP contribution in [0.1, 0.15) is 25.6 Å². The molecule has 0 spiro atoms. The number of thiophene rings is 1. The first-order valence-corrected chi connectivity index (χ1v) is 5.71. The minimum Gasteiger partial charge on any atom is -0.506 e. The van der Waals surface area contributed by atoms with Gasteiger partial charge in [0.25, 0.3) is 0 Å². The highest BCUT2D eigenvalue weighted by molar-refractivity contribution is 7.17. The molecule has 0 aliphatic carbocycles. The SMILES string of the molecule is CC(C)(C)C(=O)C=C(O)c1ccc(Cl)s1. The van der Waals surface area contributed by atoms with Gasteiger partial charge in [0.2, 0.25) is 0 Å². The lowest BCUT2D eigenvalue weighted by Gasteiger charge is -2.13. The van der Waals surface area contributed by atoms with Gasteiger partial charge in [-0.05, 0) is 12.1 Å². The van der Waals surface area contributed by atoms with Crippen molar-refractivity contribution in [1.29, 1.82) is 0 Å². The lowest BCUT2D eigenvalue weighted by Crippen LogP contribution is -2.17. The van der Waals surface area contributed by atoms with E-state index in [0.29, 0.717) is 9.21 Å². The van der Waals surface area contributed by atoms with Crippen molar-refractivity contribution in [1.82, 2.24) is 0 Å². The number of hydrogen-bond acceptors (Lipinski definition) is 3. The first-order valence-electron chi connectivity index (χ1n) is 4.51. The summed E-state index contributed by atoms with van der Waals surface area (Å²) >= 11 is 6.97. The highest BCUT2D eigenvalue weighted by Gasteiger charge is 2.20. The molecule has 0 aromatic carbocycles. The molecule has 1 aromatic heterocycles. The molecule has 0 radical (unpaired) electrons. The zero-order chi connectivity index (χ0) is 11.6. The van der Waals surface area contributed by atoms with Crippen LogP contribution in [0.5, 0.6) is 0 Å². The summed E-state index contributed by atoms with van der Waals surface area (Å²) in [6.07, 6.45) is 1.25. The molecule has 0 saturated heterocycles. The summed E-state index contributed by atoms with van der Waals surface area (Å²) in [7, 11) is 0. The first-order chi connectivity index (χ1) is 6.80. The molecule has 1 N–H and O–H groups in total. The highest BCUT2D eigenvalue weighted by atomic mass is 35.5. The fraction of sp³-hybridized carbons (Fsp3) is 0.364. The van der Waals surface area contributed by atoms with E-state index in [-0.39, 0.29) is 11.5 Å². The van der Waals surface area contributed by atoms with Gasteiger partial charge in [-0.3, -0.25) is 4.79 Å². The standard InChI is InChI=1S/C11H13ClO2S/c1-11(2,3)9(14)6-7(13)8-4-5-10(12)15-8/h4-6,13H,1-3H3. The zero-order valence-corrected chi connectivity index (χ0v) is 10.4. The first kappa shape index (κ1) is 12.3. The molecular weight excluding hydrogens is 232 g/mol. The van der Waals surface area contributed by atoms with Crippen LogP contribution >= 0.6 is 22.9 Å². The number of aliphatic hydroxyl groups excluding tert-OH is 1. The Morgan fingerprint density at radius 1 is 1.47 bits per heavy atom. The molecule has 1 rings (SSSR count). The van der Waals surface area contributed by atoms with E-state index in [1.165, 1.54) is 17.4 Å². The third kappa shape index (κ3) is 3.36. The van der Waals surface area contributed by atoms with Crippen LogP contribution < -0.4 is 0 Å². The average molecular weight is 245 g/mol. The quantitative estimate of drug-likeness (QED) is 0.633. The Hall–Kier alpha value is -0.800. The van der Waals surface area contributed by atoms with Crippen molar-refractivity contribution < 1.29 is 9.90 Å². The van der Waals surface area contributed by atoms with Crippen LogP contribution in [0.4, 0.5) is 0 Å². The van der Waals surface area contributed by atoms with Crippen LogP contribution in [0.3, 0.4) is 0 Å². The van der Waals surface area contributed by atoms with Gasteiger partial charge in [-0.1, -0.05) is 32.4 Å². The molecule has 0 aliphatic heterocycles. The second kappa shape index (κ2) is 4.37. The van der Waals surface area contributed by atoms with Gasteiger partial charge in [0.05, 0.1) is 9.21 Å². The molecular formula is C11H13ClO2S. The van der Waals surface area contributed by atoms with Crippen molar-refractivity contribution in [3.05, 3.63) is 27.4 Å². The molecule has 0 fully saturated rings. The maximum atomic E-state index is 11.6. The highest BCUT2D eigenvalue weighted by Crippen LogP contribution is 2.27. The minimum atomic E-state index is -0.477. The summed E-state index contributed by atoms with van der Waals surface area (Å²) in [5.74, 6) is -0.128. The number of carbonyl (C=O) groups excluding carboxylic acids is 1. The minimum absolute atomic E-state index is 0.0215. The smallest absolute Gasteiger partial charge is 0.164 e. The fourth-order valence-electron chi connectivity index (χ4n) is 0.864. The summed E-state index contributed by atoms with van der Waals surface area (Å²) in [6.45, 7) is 5.42. The number of rotatable bonds is 2. The molecule has 2 nitrogen and oxygen atoms in total. The molecule has 0 saturated carbocycles. The van der Waals surface area contributed by atoms with E-state index in [0.717, 1.165) is 0 Å². The van der Waals surface area contributed by atoms with Crippen molar-refractivity contribution in [2.24, 2.45) is 5.41 Å². The zero-order valence-electron chi connectivity index (χ0n) is 8.87. The number of ketones is 1.